The topological polar surface area (TPSA) is 36.4 Å². The molecule has 5 heteroatoms. The van der Waals surface area contributed by atoms with Crippen molar-refractivity contribution >= 4 is 5.91 Å². The predicted molar refractivity (Wildman–Crippen MR) is 76.0 cm³/mol. The monoisotopic (exact) mass is 279 g/mol. The molecular weight excluding hydrogens is 257 g/mol. The molecule has 20 heavy (non-hydrogen) atoms. The Morgan fingerprint density at radius 2 is 2.00 bits per heavy atom. The molecule has 0 saturated carbocycles. The second-order valence-electron chi connectivity index (χ2n) is 5.09. The van der Waals surface area contributed by atoms with Gasteiger partial charge in [0.15, 0.2) is 0 Å². The van der Waals surface area contributed by atoms with E-state index in [-0.39, 0.29) is 11.6 Å². The minimum Gasteiger partial charge on any atom is -0.337 e. The van der Waals surface area contributed by atoms with Crippen molar-refractivity contribution in [2.75, 3.05) is 26.2 Å². The lowest BCUT2D eigenvalue weighted by Crippen LogP contribution is -2.46. The summed E-state index contributed by atoms with van der Waals surface area (Å²) in [7, 11) is 0. The minimum absolute atomic E-state index is 0.164. The van der Waals surface area contributed by atoms with E-state index in [2.05, 4.69) is 23.7 Å². The Bertz CT molecular complexity index is 454. The van der Waals surface area contributed by atoms with E-state index in [0.29, 0.717) is 6.04 Å². The summed E-state index contributed by atoms with van der Waals surface area (Å²) in [6, 6.07) is 4.90. The Morgan fingerprint density at radius 1 is 1.35 bits per heavy atom. The Kier molecular flexibility index (Phi) is 5.06. The Balaban J connectivity index is 1.95. The van der Waals surface area contributed by atoms with Gasteiger partial charge in [-0.05, 0) is 38.1 Å². The highest BCUT2D eigenvalue weighted by Gasteiger charge is 2.26. The van der Waals surface area contributed by atoms with Gasteiger partial charge in [-0.25, -0.2) is 4.98 Å². The number of hydrogen-bond donors (Lipinski definition) is 0. The van der Waals surface area contributed by atoms with E-state index in [1.165, 1.54) is 12.1 Å². The molecule has 0 spiro atoms. The van der Waals surface area contributed by atoms with Gasteiger partial charge in [0.2, 0.25) is 5.95 Å². The summed E-state index contributed by atoms with van der Waals surface area (Å²) in [6.45, 7) is 7.85. The molecule has 1 amide bonds. The van der Waals surface area contributed by atoms with Gasteiger partial charge in [-0.1, -0.05) is 19.9 Å². The molecule has 0 atom stereocenters. The summed E-state index contributed by atoms with van der Waals surface area (Å²) in [6.07, 6.45) is 1.95. The fourth-order valence-electron chi connectivity index (χ4n) is 2.86. The van der Waals surface area contributed by atoms with Crippen LogP contribution in [0.5, 0.6) is 0 Å². The summed E-state index contributed by atoms with van der Waals surface area (Å²) in [5, 5.41) is 0. The fourth-order valence-corrected chi connectivity index (χ4v) is 2.86. The first-order chi connectivity index (χ1) is 9.65. The molecular formula is C15H22FN3O. The van der Waals surface area contributed by atoms with Gasteiger partial charge in [-0.2, -0.15) is 4.39 Å². The molecule has 4 nitrogen and oxygen atoms in total. The zero-order chi connectivity index (χ0) is 14.5. The summed E-state index contributed by atoms with van der Waals surface area (Å²) < 4.78 is 13.1. The van der Waals surface area contributed by atoms with Crippen molar-refractivity contribution in [2.45, 2.75) is 32.7 Å². The zero-order valence-electron chi connectivity index (χ0n) is 12.2. The molecule has 0 aliphatic carbocycles. The van der Waals surface area contributed by atoms with Gasteiger partial charge in [0.1, 0.15) is 5.69 Å². The minimum atomic E-state index is -0.603. The van der Waals surface area contributed by atoms with Crippen LogP contribution in [-0.4, -0.2) is 52.9 Å². The van der Waals surface area contributed by atoms with Gasteiger partial charge >= 0.3 is 0 Å². The van der Waals surface area contributed by atoms with Crippen LogP contribution in [0.2, 0.25) is 0 Å². The number of pyridine rings is 1. The Morgan fingerprint density at radius 3 is 2.55 bits per heavy atom. The molecule has 0 radical (unpaired) electrons. The van der Waals surface area contributed by atoms with Crippen LogP contribution in [0.1, 0.15) is 37.2 Å². The number of aromatic nitrogens is 1. The van der Waals surface area contributed by atoms with Crippen molar-refractivity contribution in [3.8, 4) is 0 Å². The van der Waals surface area contributed by atoms with Crippen molar-refractivity contribution in [3.05, 3.63) is 29.8 Å². The van der Waals surface area contributed by atoms with Crippen LogP contribution in [0.4, 0.5) is 4.39 Å². The zero-order valence-corrected chi connectivity index (χ0v) is 12.2. The van der Waals surface area contributed by atoms with Gasteiger partial charge in [0.25, 0.3) is 5.91 Å². The van der Waals surface area contributed by atoms with Gasteiger partial charge in [-0.3, -0.25) is 4.79 Å². The molecule has 1 aliphatic rings. The maximum Gasteiger partial charge on any atom is 0.272 e. The molecule has 1 saturated heterocycles. The van der Waals surface area contributed by atoms with E-state index in [1.54, 1.807) is 11.0 Å². The predicted octanol–water partition coefficient (Wildman–Crippen LogP) is 2.17. The third-order valence-electron chi connectivity index (χ3n) is 4.01. The molecule has 0 N–H and O–H groups in total. The van der Waals surface area contributed by atoms with Crippen molar-refractivity contribution in [2.24, 2.45) is 0 Å². The molecule has 1 aromatic rings. The molecule has 0 unspecified atom stereocenters. The molecule has 1 fully saturated rings. The largest absolute Gasteiger partial charge is 0.337 e. The van der Waals surface area contributed by atoms with Crippen molar-refractivity contribution < 1.29 is 9.18 Å². The highest BCUT2D eigenvalue weighted by Crippen LogP contribution is 2.17. The van der Waals surface area contributed by atoms with Crippen molar-refractivity contribution in [3.63, 3.8) is 0 Å². The molecule has 0 bridgehead atoms. The fraction of sp³-hybridized carbons (Fsp3) is 0.600. The van der Waals surface area contributed by atoms with Gasteiger partial charge in [0, 0.05) is 19.1 Å². The van der Waals surface area contributed by atoms with Gasteiger partial charge < -0.3 is 9.80 Å². The number of amides is 1. The van der Waals surface area contributed by atoms with Crippen LogP contribution in [-0.2, 0) is 0 Å². The van der Waals surface area contributed by atoms with Crippen LogP contribution in [0.25, 0.3) is 0 Å². The molecule has 2 heterocycles. The number of nitrogens with zero attached hydrogens (tertiary/aromatic N) is 3. The molecule has 110 valence electrons. The highest BCUT2D eigenvalue weighted by molar-refractivity contribution is 5.92. The number of carbonyl (C=O) groups is 1. The molecule has 1 aliphatic heterocycles. The summed E-state index contributed by atoms with van der Waals surface area (Å²) in [5.74, 6) is -0.767. The van der Waals surface area contributed by atoms with E-state index < -0.39 is 5.95 Å². The molecule has 1 aromatic heterocycles. The average molecular weight is 279 g/mol. The third kappa shape index (κ3) is 3.33. The van der Waals surface area contributed by atoms with E-state index in [4.69, 9.17) is 0 Å². The van der Waals surface area contributed by atoms with Crippen molar-refractivity contribution in [1.82, 2.24) is 14.8 Å². The lowest BCUT2D eigenvalue weighted by molar-refractivity contribution is 0.0624. The number of piperidine rings is 1. The van der Waals surface area contributed by atoms with Crippen LogP contribution in [0.15, 0.2) is 18.2 Å². The first kappa shape index (κ1) is 14.9. The van der Waals surface area contributed by atoms with E-state index in [1.807, 2.05) is 0 Å². The second-order valence-corrected chi connectivity index (χ2v) is 5.09. The average Bonchev–Trinajstić information content (AvgIpc) is 2.48. The number of rotatable bonds is 4. The molecule has 2 rings (SSSR count). The standard InChI is InChI=1S/C15H22FN3O/c1-3-18(4-2)12-8-10-19(11-9-12)15(20)13-6-5-7-14(16)17-13/h5-7,12H,3-4,8-11H2,1-2H3. The molecule has 0 aromatic carbocycles. The first-order valence-electron chi connectivity index (χ1n) is 7.31. The second kappa shape index (κ2) is 6.79. The number of hydrogen-bond acceptors (Lipinski definition) is 3. The lowest BCUT2D eigenvalue weighted by Gasteiger charge is -2.37. The van der Waals surface area contributed by atoms with E-state index >= 15 is 0 Å². The van der Waals surface area contributed by atoms with Crippen LogP contribution >= 0.6 is 0 Å². The van der Waals surface area contributed by atoms with Crippen LogP contribution in [0, 0.1) is 5.95 Å². The van der Waals surface area contributed by atoms with E-state index in [9.17, 15) is 9.18 Å². The first-order valence-corrected chi connectivity index (χ1v) is 7.31. The maximum atomic E-state index is 13.1. The number of likely N-dealkylation sites (tertiary alicyclic amines) is 1. The quantitative estimate of drug-likeness (QED) is 0.793. The summed E-state index contributed by atoms with van der Waals surface area (Å²) >= 11 is 0. The Labute approximate surface area is 119 Å². The number of halogens is 1. The normalized spacial score (nSPS) is 16.7. The van der Waals surface area contributed by atoms with Gasteiger partial charge in [0.05, 0.1) is 0 Å². The summed E-state index contributed by atoms with van der Waals surface area (Å²) in [5.41, 5.74) is 0.200. The van der Waals surface area contributed by atoms with Gasteiger partial charge in [-0.15, -0.1) is 0 Å². The maximum absolute atomic E-state index is 13.1. The third-order valence-corrected chi connectivity index (χ3v) is 4.01. The van der Waals surface area contributed by atoms with Crippen molar-refractivity contribution in [1.29, 1.82) is 0 Å². The SMILES string of the molecule is CCN(CC)C1CCN(C(=O)c2cccc(F)n2)CC1. The summed E-state index contributed by atoms with van der Waals surface area (Å²) in [4.78, 5) is 20.1. The lowest BCUT2D eigenvalue weighted by atomic mass is 10.0. The highest BCUT2D eigenvalue weighted by atomic mass is 19.1. The Hall–Kier alpha value is -1.49. The smallest absolute Gasteiger partial charge is 0.272 e. The number of carbonyl (C=O) groups excluding carboxylic acids is 1. The van der Waals surface area contributed by atoms with E-state index in [0.717, 1.165) is 39.0 Å². The van der Waals surface area contributed by atoms with Crippen LogP contribution in [0.3, 0.4) is 0 Å². The van der Waals surface area contributed by atoms with Crippen LogP contribution < -0.4 is 0 Å².